The van der Waals surface area contributed by atoms with E-state index in [2.05, 4.69) is 12.2 Å². The van der Waals surface area contributed by atoms with E-state index in [-0.39, 0.29) is 5.82 Å². The molecule has 1 aromatic rings. The second kappa shape index (κ2) is 5.87. The molecule has 0 heterocycles. The lowest BCUT2D eigenvalue weighted by Gasteiger charge is -2.34. The smallest absolute Gasteiger partial charge is 0.136 e. The minimum atomic E-state index is -0.0921. The van der Waals surface area contributed by atoms with E-state index in [1.807, 2.05) is 19.2 Å². The van der Waals surface area contributed by atoms with Crippen LogP contribution in [0.1, 0.15) is 26.2 Å². The Labute approximate surface area is 107 Å². The maximum Gasteiger partial charge on any atom is 0.136 e. The van der Waals surface area contributed by atoms with Crippen molar-refractivity contribution in [3.8, 4) is 0 Å². The highest BCUT2D eigenvalue weighted by Gasteiger charge is 2.28. The Morgan fingerprint density at radius 1 is 1.29 bits per heavy atom. The Hall–Kier alpha value is -0.540. The minimum absolute atomic E-state index is 0.0921. The van der Waals surface area contributed by atoms with E-state index < -0.39 is 0 Å². The van der Waals surface area contributed by atoms with E-state index in [4.69, 9.17) is 0 Å². The van der Waals surface area contributed by atoms with Crippen molar-refractivity contribution in [1.29, 1.82) is 0 Å². The van der Waals surface area contributed by atoms with Crippen molar-refractivity contribution in [1.82, 2.24) is 5.32 Å². The quantitative estimate of drug-likeness (QED) is 0.881. The molecule has 17 heavy (non-hydrogen) atoms. The molecule has 3 heteroatoms. The van der Waals surface area contributed by atoms with E-state index in [1.54, 1.807) is 23.9 Å². The predicted molar refractivity (Wildman–Crippen MR) is 71.9 cm³/mol. The first-order valence-corrected chi connectivity index (χ1v) is 7.17. The third kappa shape index (κ3) is 3.23. The van der Waals surface area contributed by atoms with Gasteiger partial charge < -0.3 is 5.32 Å². The molecule has 0 aromatic heterocycles. The van der Waals surface area contributed by atoms with Crippen LogP contribution in [0.15, 0.2) is 29.2 Å². The highest BCUT2D eigenvalue weighted by atomic mass is 32.2. The zero-order chi connectivity index (χ0) is 12.3. The van der Waals surface area contributed by atoms with Gasteiger partial charge in [-0.1, -0.05) is 19.1 Å². The van der Waals surface area contributed by atoms with E-state index in [1.165, 1.54) is 19.3 Å². The fourth-order valence-electron chi connectivity index (χ4n) is 2.49. The average molecular weight is 253 g/mol. The van der Waals surface area contributed by atoms with Gasteiger partial charge in [0.25, 0.3) is 0 Å². The normalized spacial score (nSPS) is 29.2. The minimum Gasteiger partial charge on any atom is -0.316 e. The maximum absolute atomic E-state index is 13.6. The van der Waals surface area contributed by atoms with Crippen LogP contribution in [0.4, 0.5) is 4.39 Å². The van der Waals surface area contributed by atoms with Gasteiger partial charge in [0.15, 0.2) is 0 Å². The van der Waals surface area contributed by atoms with Crippen LogP contribution in [0.3, 0.4) is 0 Å². The van der Waals surface area contributed by atoms with E-state index in [9.17, 15) is 4.39 Å². The van der Waals surface area contributed by atoms with Gasteiger partial charge in [-0.3, -0.25) is 0 Å². The molecular weight excluding hydrogens is 233 g/mol. The lowest BCUT2D eigenvalue weighted by molar-refractivity contribution is 0.329. The summed E-state index contributed by atoms with van der Waals surface area (Å²) in [5.41, 5.74) is 0. The molecule has 0 bridgehead atoms. The summed E-state index contributed by atoms with van der Waals surface area (Å²) in [6, 6.07) is 7.59. The molecule has 0 aliphatic heterocycles. The molecule has 1 aliphatic carbocycles. The zero-order valence-corrected chi connectivity index (χ0v) is 11.3. The van der Waals surface area contributed by atoms with Gasteiger partial charge in [0, 0.05) is 16.2 Å². The molecule has 3 unspecified atom stereocenters. The van der Waals surface area contributed by atoms with Crippen molar-refractivity contribution in [2.45, 2.75) is 42.4 Å². The van der Waals surface area contributed by atoms with Crippen LogP contribution in [0.5, 0.6) is 0 Å². The van der Waals surface area contributed by atoms with Gasteiger partial charge in [-0.2, -0.15) is 0 Å². The SMILES string of the molecule is CNC1CCC(C)CC1Sc1ccccc1F. The number of halogens is 1. The van der Waals surface area contributed by atoms with Crippen molar-refractivity contribution in [2.75, 3.05) is 7.05 Å². The number of hydrogen-bond acceptors (Lipinski definition) is 2. The molecule has 0 spiro atoms. The Morgan fingerprint density at radius 2 is 2.06 bits per heavy atom. The van der Waals surface area contributed by atoms with Crippen LogP contribution in [0.2, 0.25) is 0 Å². The third-order valence-corrected chi connectivity index (χ3v) is 4.95. The molecule has 0 saturated heterocycles. The lowest BCUT2D eigenvalue weighted by atomic mass is 9.87. The molecule has 1 saturated carbocycles. The molecular formula is C14H20FNS. The Kier molecular flexibility index (Phi) is 4.46. The summed E-state index contributed by atoms with van der Waals surface area (Å²) in [7, 11) is 2.01. The van der Waals surface area contributed by atoms with E-state index in [0.717, 1.165) is 10.8 Å². The number of nitrogens with one attached hydrogen (secondary N) is 1. The summed E-state index contributed by atoms with van der Waals surface area (Å²) < 4.78 is 13.6. The van der Waals surface area contributed by atoms with Gasteiger partial charge >= 0.3 is 0 Å². The summed E-state index contributed by atoms with van der Waals surface area (Å²) in [6.07, 6.45) is 3.65. The molecule has 1 fully saturated rings. The third-order valence-electron chi connectivity index (χ3n) is 3.54. The first kappa shape index (κ1) is 12.9. The largest absolute Gasteiger partial charge is 0.316 e. The maximum atomic E-state index is 13.6. The lowest BCUT2D eigenvalue weighted by Crippen LogP contribution is -2.40. The number of thioether (sulfide) groups is 1. The molecule has 3 atom stereocenters. The standard InChI is InChI=1S/C14H20FNS/c1-10-7-8-12(16-2)14(9-10)17-13-6-4-3-5-11(13)15/h3-6,10,12,14,16H,7-9H2,1-2H3. The molecule has 2 rings (SSSR count). The number of hydrogen-bond donors (Lipinski definition) is 1. The first-order chi connectivity index (χ1) is 8.20. The molecule has 94 valence electrons. The van der Waals surface area contributed by atoms with Gasteiger partial charge in [0.1, 0.15) is 5.82 Å². The summed E-state index contributed by atoms with van der Waals surface area (Å²) in [4.78, 5) is 0.784. The van der Waals surface area contributed by atoms with Crippen LogP contribution in [0, 0.1) is 11.7 Å². The second-order valence-electron chi connectivity index (χ2n) is 4.90. The molecule has 1 N–H and O–H groups in total. The van der Waals surface area contributed by atoms with Crippen molar-refractivity contribution in [2.24, 2.45) is 5.92 Å². The Balaban J connectivity index is 2.07. The summed E-state index contributed by atoms with van der Waals surface area (Å²) in [5.74, 6) is 0.662. The van der Waals surface area contributed by atoms with Gasteiger partial charge in [-0.15, -0.1) is 11.8 Å². The van der Waals surface area contributed by atoms with Crippen LogP contribution >= 0.6 is 11.8 Å². The molecule has 0 radical (unpaired) electrons. The molecule has 1 nitrogen and oxygen atoms in total. The van der Waals surface area contributed by atoms with Crippen LogP contribution in [0.25, 0.3) is 0 Å². The average Bonchev–Trinajstić information content (AvgIpc) is 2.32. The highest BCUT2D eigenvalue weighted by molar-refractivity contribution is 8.00. The van der Waals surface area contributed by atoms with Gasteiger partial charge in [-0.05, 0) is 44.4 Å². The summed E-state index contributed by atoms with van der Waals surface area (Å²) >= 11 is 1.69. The zero-order valence-electron chi connectivity index (χ0n) is 10.4. The number of rotatable bonds is 3. The van der Waals surface area contributed by atoms with Crippen LogP contribution < -0.4 is 5.32 Å². The van der Waals surface area contributed by atoms with Crippen molar-refractivity contribution >= 4 is 11.8 Å². The predicted octanol–water partition coefficient (Wildman–Crippen LogP) is 3.69. The second-order valence-corrected chi connectivity index (χ2v) is 6.18. The van der Waals surface area contributed by atoms with Gasteiger partial charge in [0.2, 0.25) is 0 Å². The summed E-state index contributed by atoms with van der Waals surface area (Å²) in [6.45, 7) is 2.29. The van der Waals surface area contributed by atoms with Crippen LogP contribution in [-0.4, -0.2) is 18.3 Å². The monoisotopic (exact) mass is 253 g/mol. The molecule has 1 aromatic carbocycles. The van der Waals surface area contributed by atoms with E-state index in [0.29, 0.717) is 11.3 Å². The fourth-order valence-corrected chi connectivity index (χ4v) is 4.02. The van der Waals surface area contributed by atoms with E-state index >= 15 is 0 Å². The highest BCUT2D eigenvalue weighted by Crippen LogP contribution is 2.37. The Morgan fingerprint density at radius 3 is 2.76 bits per heavy atom. The van der Waals surface area contributed by atoms with Crippen molar-refractivity contribution < 1.29 is 4.39 Å². The topological polar surface area (TPSA) is 12.0 Å². The van der Waals surface area contributed by atoms with Crippen molar-refractivity contribution in [3.63, 3.8) is 0 Å². The van der Waals surface area contributed by atoms with Gasteiger partial charge in [-0.25, -0.2) is 4.39 Å². The molecule has 1 aliphatic rings. The van der Waals surface area contributed by atoms with Crippen molar-refractivity contribution in [3.05, 3.63) is 30.1 Å². The first-order valence-electron chi connectivity index (χ1n) is 6.29. The summed E-state index contributed by atoms with van der Waals surface area (Å²) in [5, 5.41) is 3.86. The molecule has 0 amide bonds. The van der Waals surface area contributed by atoms with Gasteiger partial charge in [0.05, 0.1) is 0 Å². The number of benzene rings is 1. The fraction of sp³-hybridized carbons (Fsp3) is 0.571. The Bertz CT molecular complexity index is 369. The van der Waals surface area contributed by atoms with Crippen LogP contribution in [-0.2, 0) is 0 Å².